The van der Waals surface area contributed by atoms with Crippen LogP contribution in [-0.2, 0) is 9.47 Å². The molecule has 1 aromatic rings. The van der Waals surface area contributed by atoms with E-state index in [2.05, 4.69) is 22.1 Å². The fourth-order valence-electron chi connectivity index (χ4n) is 3.08. The number of ether oxygens (including phenoxy) is 2. The smallest absolute Gasteiger partial charge is 0.194 e. The summed E-state index contributed by atoms with van der Waals surface area (Å²) in [5, 5.41) is 14.4. The van der Waals surface area contributed by atoms with Gasteiger partial charge in [0.25, 0.3) is 0 Å². The number of benzene rings is 1. The summed E-state index contributed by atoms with van der Waals surface area (Å²) < 4.78 is 11.0. The minimum absolute atomic E-state index is 0.306. The first-order chi connectivity index (χ1) is 13.1. The lowest BCUT2D eigenvalue weighted by atomic mass is 10.1. The lowest BCUT2D eigenvalue weighted by molar-refractivity contribution is 0.00986. The van der Waals surface area contributed by atoms with Crippen LogP contribution in [0.25, 0.3) is 0 Å². The van der Waals surface area contributed by atoms with Crippen LogP contribution in [0.3, 0.4) is 0 Å². The van der Waals surface area contributed by atoms with Crippen molar-refractivity contribution in [2.75, 3.05) is 46.5 Å². The quantitative estimate of drug-likeness (QED) is 0.381. The second-order valence-electron chi connectivity index (χ2n) is 6.67. The van der Waals surface area contributed by atoms with Gasteiger partial charge in [-0.15, -0.1) is 0 Å². The molecule has 1 aliphatic rings. The lowest BCUT2D eigenvalue weighted by Gasteiger charge is -2.34. The number of halogens is 1. The van der Waals surface area contributed by atoms with Gasteiger partial charge in [0.1, 0.15) is 0 Å². The van der Waals surface area contributed by atoms with E-state index < -0.39 is 6.10 Å². The fraction of sp³-hybridized carbons (Fsp3) is 0.650. The number of piperidine rings is 1. The second kappa shape index (κ2) is 12.2. The number of rotatable bonds is 9. The van der Waals surface area contributed by atoms with E-state index >= 15 is 0 Å². The van der Waals surface area contributed by atoms with E-state index in [1.807, 2.05) is 12.1 Å². The summed E-state index contributed by atoms with van der Waals surface area (Å²) in [6, 6.07) is 7.24. The van der Waals surface area contributed by atoms with Crippen LogP contribution in [0.1, 0.15) is 37.9 Å². The maximum atomic E-state index is 10.4. The Morgan fingerprint density at radius 1 is 1.30 bits per heavy atom. The van der Waals surface area contributed by atoms with E-state index in [0.29, 0.717) is 17.7 Å². The molecule has 0 amide bonds. The van der Waals surface area contributed by atoms with Crippen LogP contribution in [0.15, 0.2) is 29.3 Å². The first-order valence-electron chi connectivity index (χ1n) is 9.71. The minimum Gasteiger partial charge on any atom is -0.386 e. The molecule has 1 aliphatic heterocycles. The van der Waals surface area contributed by atoms with Crippen LogP contribution in [-0.4, -0.2) is 68.6 Å². The van der Waals surface area contributed by atoms with Gasteiger partial charge in [-0.3, -0.25) is 4.99 Å². The molecule has 0 aromatic heterocycles. The molecule has 152 valence electrons. The summed E-state index contributed by atoms with van der Waals surface area (Å²) in [7, 11) is 1.71. The Kier molecular flexibility index (Phi) is 9.91. The van der Waals surface area contributed by atoms with Crippen LogP contribution >= 0.6 is 11.6 Å². The van der Waals surface area contributed by atoms with Crippen molar-refractivity contribution in [3.8, 4) is 0 Å². The van der Waals surface area contributed by atoms with Crippen molar-refractivity contribution < 1.29 is 14.6 Å². The van der Waals surface area contributed by atoms with Crippen molar-refractivity contribution in [3.63, 3.8) is 0 Å². The van der Waals surface area contributed by atoms with Crippen molar-refractivity contribution in [2.24, 2.45) is 4.99 Å². The third-order valence-electron chi connectivity index (χ3n) is 4.59. The zero-order chi connectivity index (χ0) is 19.5. The molecule has 0 radical (unpaired) electrons. The molecule has 0 spiro atoms. The zero-order valence-corrected chi connectivity index (χ0v) is 17.1. The molecule has 0 aliphatic carbocycles. The molecule has 1 atom stereocenters. The normalized spacial score (nSPS) is 17.2. The van der Waals surface area contributed by atoms with Gasteiger partial charge in [0.2, 0.25) is 0 Å². The van der Waals surface area contributed by atoms with Crippen LogP contribution in [0, 0.1) is 0 Å². The number of aliphatic hydroxyl groups is 1. The maximum absolute atomic E-state index is 10.4. The van der Waals surface area contributed by atoms with Gasteiger partial charge < -0.3 is 24.8 Å². The van der Waals surface area contributed by atoms with Gasteiger partial charge >= 0.3 is 0 Å². The first-order valence-corrected chi connectivity index (χ1v) is 10.1. The van der Waals surface area contributed by atoms with Crippen LogP contribution < -0.4 is 5.32 Å². The molecule has 2 N–H and O–H groups in total. The number of aliphatic imine (C=N–C) groups is 1. The monoisotopic (exact) mass is 397 g/mol. The molecule has 1 saturated heterocycles. The van der Waals surface area contributed by atoms with Crippen molar-refractivity contribution >= 4 is 17.6 Å². The highest BCUT2D eigenvalue weighted by Crippen LogP contribution is 2.18. The molecule has 1 fully saturated rings. The van der Waals surface area contributed by atoms with Crippen LogP contribution in [0.5, 0.6) is 0 Å². The average Bonchev–Trinajstić information content (AvgIpc) is 2.69. The van der Waals surface area contributed by atoms with E-state index in [0.717, 1.165) is 63.6 Å². The Labute approximate surface area is 167 Å². The van der Waals surface area contributed by atoms with Crippen molar-refractivity contribution in [3.05, 3.63) is 34.9 Å². The molecular formula is C20H32ClN3O3. The molecule has 2 rings (SSSR count). The summed E-state index contributed by atoms with van der Waals surface area (Å²) >= 11 is 5.90. The van der Waals surface area contributed by atoms with Gasteiger partial charge in [0.05, 0.1) is 18.8 Å². The van der Waals surface area contributed by atoms with Crippen LogP contribution in [0.2, 0.25) is 5.02 Å². The minimum atomic E-state index is -0.641. The topological polar surface area (TPSA) is 66.3 Å². The Bertz CT molecular complexity index is 560. The van der Waals surface area contributed by atoms with Gasteiger partial charge in [0.15, 0.2) is 5.96 Å². The second-order valence-corrected chi connectivity index (χ2v) is 7.10. The van der Waals surface area contributed by atoms with Gasteiger partial charge in [0, 0.05) is 45.0 Å². The molecule has 27 heavy (non-hydrogen) atoms. The highest BCUT2D eigenvalue weighted by atomic mass is 35.5. The highest BCUT2D eigenvalue weighted by Gasteiger charge is 2.22. The predicted octanol–water partition coefficient (Wildman–Crippen LogP) is 2.86. The van der Waals surface area contributed by atoms with Gasteiger partial charge in [-0.25, -0.2) is 0 Å². The molecule has 0 bridgehead atoms. The van der Waals surface area contributed by atoms with Gasteiger partial charge in [-0.1, -0.05) is 23.7 Å². The SMILES string of the molecule is CCNC(=NCC(O)c1ccc(Cl)cc1)N1CCC(OCCCOC)CC1. The number of nitrogens with one attached hydrogen (secondary N) is 1. The van der Waals surface area contributed by atoms with Crippen molar-refractivity contribution in [1.29, 1.82) is 0 Å². The standard InChI is InChI=1S/C20H32ClN3O3/c1-3-22-20(23-15-19(25)16-5-7-17(21)8-6-16)24-11-9-18(10-12-24)27-14-4-13-26-2/h5-8,18-19,25H,3-4,9-15H2,1-2H3,(H,22,23). The number of aliphatic hydroxyl groups excluding tert-OH is 1. The Hall–Kier alpha value is -1.34. The summed E-state index contributed by atoms with van der Waals surface area (Å²) in [4.78, 5) is 6.88. The Morgan fingerprint density at radius 2 is 2.00 bits per heavy atom. The lowest BCUT2D eigenvalue weighted by Crippen LogP contribution is -2.47. The van der Waals surface area contributed by atoms with E-state index in [1.54, 1.807) is 19.2 Å². The third-order valence-corrected chi connectivity index (χ3v) is 4.84. The zero-order valence-electron chi connectivity index (χ0n) is 16.4. The fourth-order valence-corrected chi connectivity index (χ4v) is 3.20. The molecule has 1 aromatic carbocycles. The summed E-state index contributed by atoms with van der Waals surface area (Å²) in [6.45, 7) is 6.46. The number of hydrogen-bond acceptors (Lipinski definition) is 4. The summed E-state index contributed by atoms with van der Waals surface area (Å²) in [5.41, 5.74) is 0.821. The number of guanidine groups is 1. The molecular weight excluding hydrogens is 366 g/mol. The Balaban J connectivity index is 1.83. The first kappa shape index (κ1) is 22.0. The summed E-state index contributed by atoms with van der Waals surface area (Å²) in [6.07, 6.45) is 2.57. The number of methoxy groups -OCH3 is 1. The predicted molar refractivity (Wildman–Crippen MR) is 109 cm³/mol. The number of hydrogen-bond donors (Lipinski definition) is 2. The molecule has 1 unspecified atom stereocenters. The molecule has 0 saturated carbocycles. The average molecular weight is 398 g/mol. The van der Waals surface area contributed by atoms with E-state index in [-0.39, 0.29) is 0 Å². The highest BCUT2D eigenvalue weighted by molar-refractivity contribution is 6.30. The van der Waals surface area contributed by atoms with E-state index in [1.165, 1.54) is 0 Å². The molecule has 7 heteroatoms. The van der Waals surface area contributed by atoms with Crippen molar-refractivity contribution in [1.82, 2.24) is 10.2 Å². The molecule has 6 nitrogen and oxygen atoms in total. The number of likely N-dealkylation sites (tertiary alicyclic amines) is 1. The summed E-state index contributed by atoms with van der Waals surface area (Å²) in [5.74, 6) is 0.850. The van der Waals surface area contributed by atoms with Crippen LogP contribution in [0.4, 0.5) is 0 Å². The van der Waals surface area contributed by atoms with E-state index in [4.69, 9.17) is 21.1 Å². The van der Waals surface area contributed by atoms with E-state index in [9.17, 15) is 5.11 Å². The molecule has 1 heterocycles. The maximum Gasteiger partial charge on any atom is 0.194 e. The van der Waals surface area contributed by atoms with Gasteiger partial charge in [-0.05, 0) is 43.9 Å². The van der Waals surface area contributed by atoms with Gasteiger partial charge in [-0.2, -0.15) is 0 Å². The largest absolute Gasteiger partial charge is 0.386 e. The third kappa shape index (κ3) is 7.66. The Morgan fingerprint density at radius 3 is 2.63 bits per heavy atom. The number of nitrogens with zero attached hydrogens (tertiary/aromatic N) is 2. The van der Waals surface area contributed by atoms with Crippen molar-refractivity contribution in [2.45, 2.75) is 38.4 Å².